The Labute approximate surface area is 347 Å². The van der Waals surface area contributed by atoms with Gasteiger partial charge in [0.15, 0.2) is 6.29 Å². The number of esters is 1. The summed E-state index contributed by atoms with van der Waals surface area (Å²) in [7, 11) is -5.05. The predicted octanol–water partition coefficient (Wildman–Crippen LogP) is 9.69. The zero-order chi connectivity index (χ0) is 41.8. The van der Waals surface area contributed by atoms with Crippen molar-refractivity contribution in [3.63, 3.8) is 0 Å². The highest BCUT2D eigenvalue weighted by molar-refractivity contribution is 7.80. The summed E-state index contributed by atoms with van der Waals surface area (Å²) >= 11 is 0. The van der Waals surface area contributed by atoms with E-state index in [-0.39, 0.29) is 19.6 Å². The van der Waals surface area contributed by atoms with Crippen molar-refractivity contribution < 1.29 is 56.2 Å². The Morgan fingerprint density at radius 2 is 1.00 bits per heavy atom. The lowest BCUT2D eigenvalue weighted by Gasteiger charge is -2.41. The summed E-state index contributed by atoms with van der Waals surface area (Å²) in [6, 6.07) is 0. The molecule has 0 aromatic carbocycles. The van der Waals surface area contributed by atoms with Crippen molar-refractivity contribution in [1.29, 1.82) is 0 Å². The average Bonchev–Trinajstić information content (AvgIpc) is 3.18. The Hall–Kier alpha value is -0.900. The van der Waals surface area contributed by atoms with Crippen LogP contribution in [0.15, 0.2) is 0 Å². The molecule has 0 radical (unpaired) electrons. The van der Waals surface area contributed by atoms with Crippen molar-refractivity contribution in [2.75, 3.05) is 26.4 Å². The molecule has 0 saturated carbocycles. The van der Waals surface area contributed by atoms with Gasteiger partial charge in [0.1, 0.15) is 30.5 Å². The molecule has 13 heteroatoms. The molecular weight excluding hydrogens is 753 g/mol. The monoisotopic (exact) mass is 839 g/mol. The summed E-state index contributed by atoms with van der Waals surface area (Å²) in [5.41, 5.74) is 0. The minimum absolute atomic E-state index is 0.0439. The van der Waals surface area contributed by atoms with Gasteiger partial charge in [-0.25, -0.2) is 4.18 Å². The Kier molecular flexibility index (Phi) is 35.0. The van der Waals surface area contributed by atoms with Crippen LogP contribution in [0.3, 0.4) is 0 Å². The molecular formula is C44H86O12S. The van der Waals surface area contributed by atoms with E-state index in [9.17, 15) is 28.5 Å². The Morgan fingerprint density at radius 1 is 0.596 bits per heavy atom. The van der Waals surface area contributed by atoms with Crippen LogP contribution < -0.4 is 0 Å². The first kappa shape index (κ1) is 54.1. The van der Waals surface area contributed by atoms with Gasteiger partial charge in [0.05, 0.1) is 19.8 Å². The number of hydrogen-bond donors (Lipinski definition) is 4. The topological polar surface area (TPSA) is 178 Å². The fraction of sp³-hybridized carbons (Fsp3) is 0.977. The summed E-state index contributed by atoms with van der Waals surface area (Å²) in [4.78, 5) is 12.8. The number of rotatable bonds is 41. The van der Waals surface area contributed by atoms with Gasteiger partial charge in [-0.3, -0.25) is 9.35 Å². The van der Waals surface area contributed by atoms with Crippen molar-refractivity contribution in [2.45, 2.75) is 250 Å². The van der Waals surface area contributed by atoms with Crippen molar-refractivity contribution >= 4 is 16.4 Å². The lowest BCUT2D eigenvalue weighted by atomic mass is 9.99. The van der Waals surface area contributed by atoms with Gasteiger partial charge in [0.2, 0.25) is 0 Å². The zero-order valence-electron chi connectivity index (χ0n) is 36.2. The van der Waals surface area contributed by atoms with Crippen LogP contribution in [0.5, 0.6) is 0 Å². The Bertz CT molecular complexity index is 1020. The maximum absolute atomic E-state index is 12.8. The molecule has 0 spiro atoms. The molecule has 12 nitrogen and oxygen atoms in total. The van der Waals surface area contributed by atoms with Gasteiger partial charge >= 0.3 is 16.4 Å². The van der Waals surface area contributed by atoms with Crippen LogP contribution in [0.2, 0.25) is 0 Å². The van der Waals surface area contributed by atoms with E-state index in [4.69, 9.17) is 23.5 Å². The number of carbonyl (C=O) groups is 1. The zero-order valence-corrected chi connectivity index (χ0v) is 37.0. The molecule has 6 unspecified atom stereocenters. The van der Waals surface area contributed by atoms with Crippen molar-refractivity contribution in [2.24, 2.45) is 0 Å². The minimum Gasteiger partial charge on any atom is -0.457 e. The second-order valence-corrected chi connectivity index (χ2v) is 17.4. The van der Waals surface area contributed by atoms with Gasteiger partial charge in [-0.15, -0.1) is 0 Å². The van der Waals surface area contributed by atoms with Crippen LogP contribution in [-0.2, 0) is 38.3 Å². The summed E-state index contributed by atoms with van der Waals surface area (Å²) in [6.07, 6.45) is 28.6. The van der Waals surface area contributed by atoms with Crippen LogP contribution in [-0.4, -0.2) is 97.5 Å². The molecule has 1 saturated heterocycles. The molecule has 0 aromatic heterocycles. The Morgan fingerprint density at radius 3 is 1.40 bits per heavy atom. The van der Waals surface area contributed by atoms with Crippen LogP contribution in [0, 0.1) is 0 Å². The highest BCUT2D eigenvalue weighted by Crippen LogP contribution is 2.26. The van der Waals surface area contributed by atoms with E-state index in [2.05, 4.69) is 18.0 Å². The van der Waals surface area contributed by atoms with Crippen LogP contribution in [0.1, 0.15) is 213 Å². The van der Waals surface area contributed by atoms with E-state index in [1.54, 1.807) is 0 Å². The second-order valence-electron chi connectivity index (χ2n) is 16.4. The maximum Gasteiger partial charge on any atom is 0.397 e. The normalized spacial score (nSPS) is 20.6. The molecule has 0 aliphatic carbocycles. The standard InChI is InChI=1S/C44H86O12S/c1-3-5-7-9-11-13-15-16-17-18-19-20-21-22-23-24-25-27-29-31-33-40(46)54-38(36-52-34-32-30-28-26-14-12-10-8-6-4-2)37-53-44-42(48)43(56-57(49,50)51)41(47)39(35-45)55-44/h38-39,41-45,47-48H,3-37H2,1-2H3,(H,49,50,51). The van der Waals surface area contributed by atoms with Gasteiger partial charge in [0.25, 0.3) is 0 Å². The van der Waals surface area contributed by atoms with Gasteiger partial charge in [-0.1, -0.05) is 194 Å². The third-order valence-electron chi connectivity index (χ3n) is 11.0. The van der Waals surface area contributed by atoms with E-state index in [1.165, 1.54) is 148 Å². The predicted molar refractivity (Wildman–Crippen MR) is 225 cm³/mol. The molecule has 1 fully saturated rings. The average molecular weight is 839 g/mol. The molecule has 4 N–H and O–H groups in total. The maximum atomic E-state index is 12.8. The van der Waals surface area contributed by atoms with Gasteiger partial charge in [-0.2, -0.15) is 8.42 Å². The third-order valence-corrected chi connectivity index (χ3v) is 11.4. The molecule has 0 amide bonds. The van der Waals surface area contributed by atoms with Gasteiger partial charge < -0.3 is 34.3 Å². The minimum atomic E-state index is -5.05. The number of unbranched alkanes of at least 4 members (excludes halogenated alkanes) is 28. The lowest BCUT2D eigenvalue weighted by Crippen LogP contribution is -2.60. The number of hydrogen-bond acceptors (Lipinski definition) is 11. The molecule has 6 atom stereocenters. The van der Waals surface area contributed by atoms with Crippen molar-refractivity contribution in [3.05, 3.63) is 0 Å². The first-order valence-corrected chi connectivity index (χ1v) is 24.7. The summed E-state index contributed by atoms with van der Waals surface area (Å²) in [6.45, 7) is 4.02. The van der Waals surface area contributed by atoms with E-state index in [0.29, 0.717) is 13.0 Å². The van der Waals surface area contributed by atoms with E-state index >= 15 is 0 Å². The lowest BCUT2D eigenvalue weighted by molar-refractivity contribution is -0.301. The van der Waals surface area contributed by atoms with E-state index in [1.807, 2.05) is 0 Å². The number of ether oxygens (including phenoxy) is 4. The smallest absolute Gasteiger partial charge is 0.397 e. The third kappa shape index (κ3) is 30.7. The quantitative estimate of drug-likeness (QED) is 0.0261. The molecule has 0 aromatic rings. The fourth-order valence-electron chi connectivity index (χ4n) is 7.44. The highest BCUT2D eigenvalue weighted by atomic mass is 32.3. The summed E-state index contributed by atoms with van der Waals surface area (Å²) in [5, 5.41) is 30.6. The molecule has 1 aliphatic rings. The fourth-order valence-corrected chi connectivity index (χ4v) is 7.95. The summed E-state index contributed by atoms with van der Waals surface area (Å²) in [5.74, 6) is -0.394. The van der Waals surface area contributed by atoms with Crippen molar-refractivity contribution in [1.82, 2.24) is 0 Å². The molecule has 340 valence electrons. The largest absolute Gasteiger partial charge is 0.457 e. The van der Waals surface area contributed by atoms with Gasteiger partial charge in [0, 0.05) is 13.0 Å². The second kappa shape index (κ2) is 36.9. The van der Waals surface area contributed by atoms with Crippen LogP contribution in [0.25, 0.3) is 0 Å². The van der Waals surface area contributed by atoms with Crippen LogP contribution in [0.4, 0.5) is 0 Å². The van der Waals surface area contributed by atoms with E-state index < -0.39 is 59.8 Å². The molecule has 1 heterocycles. The molecule has 1 rings (SSSR count). The molecule has 0 bridgehead atoms. The van der Waals surface area contributed by atoms with E-state index in [0.717, 1.165) is 38.5 Å². The first-order valence-electron chi connectivity index (χ1n) is 23.3. The number of carbonyl (C=O) groups excluding carboxylic acids is 1. The number of aliphatic hydroxyl groups excluding tert-OH is 3. The highest BCUT2D eigenvalue weighted by Gasteiger charge is 2.48. The van der Waals surface area contributed by atoms with Crippen molar-refractivity contribution in [3.8, 4) is 0 Å². The molecule has 57 heavy (non-hydrogen) atoms. The molecule has 1 aliphatic heterocycles. The summed E-state index contributed by atoms with van der Waals surface area (Å²) < 4.78 is 59.0. The SMILES string of the molecule is CCCCCCCCCCCCCCCCCCCCCCC(=O)OC(COCCCCCCCCCCCC)COC1OC(CO)C(O)C(OS(=O)(=O)O)C1O. The van der Waals surface area contributed by atoms with Crippen LogP contribution >= 0.6 is 0 Å². The Balaban J connectivity index is 2.34. The van der Waals surface area contributed by atoms with Gasteiger partial charge in [-0.05, 0) is 12.8 Å². The number of aliphatic hydroxyl groups is 3. The first-order chi connectivity index (χ1) is 27.6.